The fourth-order valence-electron chi connectivity index (χ4n) is 1.46. The van der Waals surface area contributed by atoms with Gasteiger partial charge in [-0.1, -0.05) is 6.92 Å². The number of anilines is 1. The number of hydrogen-bond donors (Lipinski definition) is 2. The summed E-state index contributed by atoms with van der Waals surface area (Å²) in [5.41, 5.74) is 5.01. The molecule has 1 amide bonds. The summed E-state index contributed by atoms with van der Waals surface area (Å²) in [6, 6.07) is 3.94. The Kier molecular flexibility index (Phi) is 5.28. The number of halogens is 1. The van der Waals surface area contributed by atoms with E-state index in [1.54, 1.807) is 6.92 Å². The molecule has 1 rings (SSSR count). The second-order valence-electron chi connectivity index (χ2n) is 5.35. The first-order valence-corrected chi connectivity index (χ1v) is 7.67. The second-order valence-corrected chi connectivity index (χ2v) is 7.12. The van der Waals surface area contributed by atoms with Crippen molar-refractivity contribution >= 4 is 22.4 Å². The summed E-state index contributed by atoms with van der Waals surface area (Å²) in [7, 11) is -1.62. The van der Waals surface area contributed by atoms with E-state index in [1.807, 2.05) is 20.8 Å². The van der Waals surface area contributed by atoms with Crippen molar-refractivity contribution < 1.29 is 13.4 Å². The molecular formula is C14H21FN2O2S. The number of carbonyl (C=O) groups is 1. The topological polar surface area (TPSA) is 72.2 Å². The highest BCUT2D eigenvalue weighted by Gasteiger charge is 2.26. The van der Waals surface area contributed by atoms with Crippen LogP contribution in [0.4, 0.5) is 10.1 Å². The van der Waals surface area contributed by atoms with Gasteiger partial charge in [0.25, 0.3) is 0 Å². The number of rotatable bonds is 5. The van der Waals surface area contributed by atoms with Crippen molar-refractivity contribution in [2.45, 2.75) is 49.8 Å². The molecule has 4 nitrogen and oxygen atoms in total. The fourth-order valence-corrected chi connectivity index (χ4v) is 2.54. The molecule has 0 bridgehead atoms. The minimum atomic E-state index is -1.62. The zero-order valence-corrected chi connectivity index (χ0v) is 13.0. The lowest BCUT2D eigenvalue weighted by atomic mass is 10.0. The molecule has 3 N–H and O–H groups in total. The lowest BCUT2D eigenvalue weighted by molar-refractivity contribution is -0.121. The van der Waals surface area contributed by atoms with E-state index in [4.69, 9.17) is 5.73 Å². The van der Waals surface area contributed by atoms with Crippen molar-refractivity contribution in [1.29, 1.82) is 0 Å². The molecular weight excluding hydrogens is 279 g/mol. The smallest absolute Gasteiger partial charge is 0.236 e. The van der Waals surface area contributed by atoms with E-state index < -0.39 is 21.9 Å². The minimum absolute atomic E-state index is 0.00466. The van der Waals surface area contributed by atoms with Crippen LogP contribution in [0.25, 0.3) is 0 Å². The summed E-state index contributed by atoms with van der Waals surface area (Å²) >= 11 is 0. The van der Waals surface area contributed by atoms with Crippen molar-refractivity contribution in [2.24, 2.45) is 0 Å². The average molecular weight is 300 g/mol. The summed E-state index contributed by atoms with van der Waals surface area (Å²) in [4.78, 5) is 12.3. The maximum Gasteiger partial charge on any atom is 0.236 e. The maximum absolute atomic E-state index is 13.4. The molecule has 0 saturated carbocycles. The molecule has 0 aliphatic heterocycles. The lowest BCUT2D eigenvalue weighted by Crippen LogP contribution is -2.47. The van der Waals surface area contributed by atoms with Crippen molar-refractivity contribution in [1.82, 2.24) is 5.32 Å². The first-order chi connectivity index (χ1) is 9.18. The summed E-state index contributed by atoms with van der Waals surface area (Å²) < 4.78 is 25.6. The standard InChI is InChI=1S/C14H21FN2O2S/c1-5-14(3,4)17-13(18)9(2)20(19)10-6-7-12(16)11(15)8-10/h6-9H,5,16H2,1-4H3,(H,17,18). The van der Waals surface area contributed by atoms with Gasteiger partial charge in [-0.05, 0) is 45.4 Å². The van der Waals surface area contributed by atoms with E-state index in [0.717, 1.165) is 12.5 Å². The Morgan fingerprint density at radius 2 is 2.10 bits per heavy atom. The third-order valence-corrected chi connectivity index (χ3v) is 4.81. The summed E-state index contributed by atoms with van der Waals surface area (Å²) in [5, 5.41) is 2.07. The predicted molar refractivity (Wildman–Crippen MR) is 79.2 cm³/mol. The van der Waals surface area contributed by atoms with Crippen LogP contribution < -0.4 is 11.1 Å². The Balaban J connectivity index is 2.86. The van der Waals surface area contributed by atoms with Crippen LogP contribution in [0, 0.1) is 5.82 Å². The van der Waals surface area contributed by atoms with Crippen LogP contribution in [0.15, 0.2) is 23.1 Å². The van der Waals surface area contributed by atoms with Gasteiger partial charge in [0.05, 0.1) is 16.5 Å². The van der Waals surface area contributed by atoms with Gasteiger partial charge < -0.3 is 11.1 Å². The Labute approximate surface area is 121 Å². The summed E-state index contributed by atoms with van der Waals surface area (Å²) in [6.07, 6.45) is 0.759. The highest BCUT2D eigenvalue weighted by molar-refractivity contribution is 7.86. The molecule has 0 saturated heterocycles. The van der Waals surface area contributed by atoms with Crippen molar-refractivity contribution in [3.63, 3.8) is 0 Å². The maximum atomic E-state index is 13.4. The third-order valence-electron chi connectivity index (χ3n) is 3.24. The van der Waals surface area contributed by atoms with Gasteiger partial charge in [0, 0.05) is 10.4 Å². The molecule has 0 fully saturated rings. The van der Waals surface area contributed by atoms with E-state index in [2.05, 4.69) is 5.32 Å². The van der Waals surface area contributed by atoms with Crippen LogP contribution in [0.2, 0.25) is 0 Å². The van der Waals surface area contributed by atoms with Gasteiger partial charge in [-0.25, -0.2) is 4.39 Å². The number of amides is 1. The molecule has 0 aliphatic carbocycles. The molecule has 112 valence electrons. The predicted octanol–water partition coefficient (Wildman–Crippen LogP) is 2.21. The largest absolute Gasteiger partial charge is 0.396 e. The zero-order chi connectivity index (χ0) is 15.5. The number of hydrogen-bond acceptors (Lipinski definition) is 3. The van der Waals surface area contributed by atoms with E-state index in [0.29, 0.717) is 0 Å². The fraction of sp³-hybridized carbons (Fsp3) is 0.500. The summed E-state index contributed by atoms with van der Waals surface area (Å²) in [5.74, 6) is -0.940. The van der Waals surface area contributed by atoms with Crippen LogP contribution in [0.3, 0.4) is 0 Å². The average Bonchev–Trinajstić information content (AvgIpc) is 2.39. The lowest BCUT2D eigenvalue weighted by Gasteiger charge is -2.26. The number of carbonyl (C=O) groups excluding carboxylic acids is 1. The zero-order valence-electron chi connectivity index (χ0n) is 12.2. The summed E-state index contributed by atoms with van der Waals surface area (Å²) in [6.45, 7) is 7.30. The SMILES string of the molecule is CCC(C)(C)NC(=O)C(C)S(=O)c1ccc(N)c(F)c1. The Bertz CT molecular complexity index is 532. The minimum Gasteiger partial charge on any atom is -0.396 e. The molecule has 0 aromatic heterocycles. The molecule has 1 aromatic carbocycles. The number of nitrogen functional groups attached to an aromatic ring is 1. The molecule has 0 heterocycles. The monoisotopic (exact) mass is 300 g/mol. The molecule has 2 atom stereocenters. The van der Waals surface area contributed by atoms with Crippen molar-refractivity contribution in [3.8, 4) is 0 Å². The van der Waals surface area contributed by atoms with E-state index in [-0.39, 0.29) is 22.0 Å². The first kappa shape index (κ1) is 16.6. The number of nitrogens with two attached hydrogens (primary N) is 1. The molecule has 20 heavy (non-hydrogen) atoms. The van der Waals surface area contributed by atoms with Crippen LogP contribution in [0.5, 0.6) is 0 Å². The van der Waals surface area contributed by atoms with Crippen LogP contribution in [-0.2, 0) is 15.6 Å². The number of nitrogens with one attached hydrogen (secondary N) is 1. The van der Waals surface area contributed by atoms with Crippen molar-refractivity contribution in [3.05, 3.63) is 24.0 Å². The van der Waals surface area contributed by atoms with Gasteiger partial charge in [0.15, 0.2) is 0 Å². The van der Waals surface area contributed by atoms with E-state index >= 15 is 0 Å². The van der Waals surface area contributed by atoms with Gasteiger partial charge in [-0.15, -0.1) is 0 Å². The van der Waals surface area contributed by atoms with Crippen LogP contribution in [0.1, 0.15) is 34.1 Å². The molecule has 0 radical (unpaired) electrons. The second kappa shape index (κ2) is 6.35. The van der Waals surface area contributed by atoms with Gasteiger partial charge in [0.1, 0.15) is 11.1 Å². The van der Waals surface area contributed by atoms with Gasteiger partial charge >= 0.3 is 0 Å². The van der Waals surface area contributed by atoms with E-state index in [9.17, 15) is 13.4 Å². The molecule has 1 aromatic rings. The Morgan fingerprint density at radius 3 is 2.60 bits per heavy atom. The van der Waals surface area contributed by atoms with Gasteiger partial charge in [-0.2, -0.15) is 0 Å². The van der Waals surface area contributed by atoms with Crippen LogP contribution in [-0.4, -0.2) is 20.9 Å². The Morgan fingerprint density at radius 1 is 1.50 bits per heavy atom. The molecule has 2 unspecified atom stereocenters. The molecule has 6 heteroatoms. The van der Waals surface area contributed by atoms with E-state index in [1.165, 1.54) is 12.1 Å². The third kappa shape index (κ3) is 4.03. The normalized spacial score (nSPS) is 14.7. The first-order valence-electron chi connectivity index (χ1n) is 6.45. The van der Waals surface area contributed by atoms with Gasteiger partial charge in [0.2, 0.25) is 5.91 Å². The highest BCUT2D eigenvalue weighted by atomic mass is 32.2. The molecule has 0 aliphatic rings. The highest BCUT2D eigenvalue weighted by Crippen LogP contribution is 2.18. The number of benzene rings is 1. The molecule has 0 spiro atoms. The quantitative estimate of drug-likeness (QED) is 0.819. The van der Waals surface area contributed by atoms with Crippen LogP contribution >= 0.6 is 0 Å². The van der Waals surface area contributed by atoms with Gasteiger partial charge in [-0.3, -0.25) is 9.00 Å². The Hall–Kier alpha value is -1.43. The van der Waals surface area contributed by atoms with Crippen molar-refractivity contribution in [2.75, 3.05) is 5.73 Å².